The number of likely N-dealkylation sites (tertiary alicyclic amines) is 1. The second kappa shape index (κ2) is 8.42. The van der Waals surface area contributed by atoms with Crippen molar-refractivity contribution in [2.45, 2.75) is 57.9 Å². The molecule has 4 atom stereocenters. The highest BCUT2D eigenvalue weighted by atomic mass is 16.3. The van der Waals surface area contributed by atoms with Crippen molar-refractivity contribution in [3.8, 4) is 0 Å². The maximum atomic E-state index is 12.9. The van der Waals surface area contributed by atoms with Crippen LogP contribution in [0.25, 0.3) is 0 Å². The lowest BCUT2D eigenvalue weighted by Gasteiger charge is -2.26. The first kappa shape index (κ1) is 20.1. The van der Waals surface area contributed by atoms with Gasteiger partial charge in [0.15, 0.2) is 5.78 Å². The van der Waals surface area contributed by atoms with Gasteiger partial charge in [-0.1, -0.05) is 25.5 Å². The van der Waals surface area contributed by atoms with E-state index in [4.69, 9.17) is 0 Å². The number of aliphatic hydroxyl groups excluding tert-OH is 2. The van der Waals surface area contributed by atoms with Gasteiger partial charge in [-0.15, -0.1) is 0 Å². The van der Waals surface area contributed by atoms with E-state index in [0.29, 0.717) is 5.56 Å². The number of rotatable bonds is 6. The lowest BCUT2D eigenvalue weighted by Crippen LogP contribution is -2.52. The third-order valence-electron chi connectivity index (χ3n) is 4.59. The molecule has 2 rings (SSSR count). The van der Waals surface area contributed by atoms with Crippen LogP contribution in [0.3, 0.4) is 0 Å². The van der Waals surface area contributed by atoms with Crippen LogP contribution in [0, 0.1) is 0 Å². The molecule has 1 heterocycles. The first-order valence-electron chi connectivity index (χ1n) is 8.84. The molecule has 3 N–H and O–H groups in total. The zero-order valence-electron chi connectivity index (χ0n) is 15.3. The molecule has 7 nitrogen and oxygen atoms in total. The molecule has 1 aromatic carbocycles. The number of Topliss-reactive ketones (excluding diaryl/α,β-unsaturated/α-hetero) is 1. The van der Waals surface area contributed by atoms with E-state index in [0.717, 1.165) is 12.8 Å². The van der Waals surface area contributed by atoms with Gasteiger partial charge in [0.1, 0.15) is 18.2 Å². The van der Waals surface area contributed by atoms with Crippen molar-refractivity contribution >= 4 is 17.6 Å². The molecule has 1 aliphatic rings. The Morgan fingerprint density at radius 2 is 1.92 bits per heavy atom. The summed E-state index contributed by atoms with van der Waals surface area (Å²) < 4.78 is 0. The number of benzene rings is 1. The number of carbonyl (C=O) groups is 3. The number of ketones is 1. The van der Waals surface area contributed by atoms with E-state index < -0.39 is 30.1 Å². The number of amides is 2. The summed E-state index contributed by atoms with van der Waals surface area (Å²) in [5.74, 6) is -1.18. The summed E-state index contributed by atoms with van der Waals surface area (Å²) >= 11 is 0. The number of carbonyl (C=O) groups excluding carboxylic acids is 3. The summed E-state index contributed by atoms with van der Waals surface area (Å²) in [6, 6.07) is 4.92. The zero-order chi connectivity index (χ0) is 19.4. The number of hydrogen-bond donors (Lipinski definition) is 3. The molecule has 7 heteroatoms. The van der Waals surface area contributed by atoms with Gasteiger partial charge >= 0.3 is 0 Å². The standard InChI is InChI=1S/C19H26N2O5/c1-4-6-11(2)20-18(25)16-17(24)15(23)10-21(16)19(26)14-8-5-7-13(9-14)12(3)22/h5,7-9,11,15-17,23-24H,4,6,10H2,1-3H3,(H,20,25)/t11?,15-,16?,17+/m0/s1. The van der Waals surface area contributed by atoms with Gasteiger partial charge in [-0.2, -0.15) is 0 Å². The lowest BCUT2D eigenvalue weighted by molar-refractivity contribution is -0.128. The summed E-state index contributed by atoms with van der Waals surface area (Å²) in [6.07, 6.45) is -0.903. The average molecular weight is 362 g/mol. The minimum absolute atomic E-state index is 0.101. The van der Waals surface area contributed by atoms with Gasteiger partial charge in [0.25, 0.3) is 5.91 Å². The fourth-order valence-corrected chi connectivity index (χ4v) is 3.19. The van der Waals surface area contributed by atoms with Crippen molar-refractivity contribution in [1.82, 2.24) is 10.2 Å². The van der Waals surface area contributed by atoms with E-state index in [-0.39, 0.29) is 23.9 Å². The third kappa shape index (κ3) is 4.28. The van der Waals surface area contributed by atoms with Crippen LogP contribution in [-0.4, -0.2) is 63.5 Å². The maximum absolute atomic E-state index is 12.9. The average Bonchev–Trinajstić information content (AvgIpc) is 2.89. The molecule has 0 aliphatic carbocycles. The second-order valence-corrected chi connectivity index (χ2v) is 6.80. The molecule has 0 radical (unpaired) electrons. The molecule has 0 spiro atoms. The molecule has 1 saturated heterocycles. The van der Waals surface area contributed by atoms with Crippen LogP contribution >= 0.6 is 0 Å². The second-order valence-electron chi connectivity index (χ2n) is 6.80. The molecule has 26 heavy (non-hydrogen) atoms. The fourth-order valence-electron chi connectivity index (χ4n) is 3.19. The van der Waals surface area contributed by atoms with Crippen molar-refractivity contribution in [2.24, 2.45) is 0 Å². The van der Waals surface area contributed by atoms with Crippen molar-refractivity contribution in [1.29, 1.82) is 0 Å². The molecule has 1 aliphatic heterocycles. The number of nitrogens with zero attached hydrogens (tertiary/aromatic N) is 1. The highest BCUT2D eigenvalue weighted by Crippen LogP contribution is 2.22. The molecule has 2 unspecified atom stereocenters. The topological polar surface area (TPSA) is 107 Å². The normalized spacial score (nSPS) is 23.6. The fraction of sp³-hybridized carbons (Fsp3) is 0.526. The van der Waals surface area contributed by atoms with Crippen LogP contribution in [0.4, 0.5) is 0 Å². The van der Waals surface area contributed by atoms with Crippen LogP contribution < -0.4 is 5.32 Å². The Hall–Kier alpha value is -2.25. The Balaban J connectivity index is 2.25. The number of β-amino-alcohol motifs (C(OH)–C–C–N with tert-alkyl or cyclic N) is 1. The Bertz CT molecular complexity index is 690. The van der Waals surface area contributed by atoms with Crippen molar-refractivity contribution < 1.29 is 24.6 Å². The van der Waals surface area contributed by atoms with E-state index in [1.54, 1.807) is 18.2 Å². The molecule has 2 amide bonds. The van der Waals surface area contributed by atoms with Gasteiger partial charge in [0, 0.05) is 17.2 Å². The summed E-state index contributed by atoms with van der Waals surface area (Å²) in [6.45, 7) is 5.10. The van der Waals surface area contributed by atoms with Gasteiger partial charge < -0.3 is 20.4 Å². The van der Waals surface area contributed by atoms with Gasteiger partial charge in [-0.05, 0) is 32.4 Å². The van der Waals surface area contributed by atoms with Crippen LogP contribution in [0.2, 0.25) is 0 Å². The maximum Gasteiger partial charge on any atom is 0.254 e. The van der Waals surface area contributed by atoms with Gasteiger partial charge in [-0.3, -0.25) is 14.4 Å². The lowest BCUT2D eigenvalue weighted by atomic mass is 10.1. The van der Waals surface area contributed by atoms with Gasteiger partial charge in [0.05, 0.1) is 6.54 Å². The first-order chi connectivity index (χ1) is 12.3. The van der Waals surface area contributed by atoms with E-state index >= 15 is 0 Å². The smallest absolute Gasteiger partial charge is 0.254 e. The summed E-state index contributed by atoms with van der Waals surface area (Å²) in [7, 11) is 0. The number of nitrogens with one attached hydrogen (secondary N) is 1. The first-order valence-corrected chi connectivity index (χ1v) is 8.84. The van der Waals surface area contributed by atoms with E-state index in [9.17, 15) is 24.6 Å². The molecule has 1 aromatic rings. The number of aliphatic hydroxyl groups is 2. The minimum Gasteiger partial charge on any atom is -0.388 e. The third-order valence-corrected chi connectivity index (χ3v) is 4.59. The Kier molecular flexibility index (Phi) is 6.50. The Morgan fingerprint density at radius 3 is 2.54 bits per heavy atom. The highest BCUT2D eigenvalue weighted by Gasteiger charge is 2.46. The summed E-state index contributed by atoms with van der Waals surface area (Å²) in [5, 5.41) is 23.0. The molecular formula is C19H26N2O5. The number of hydrogen-bond acceptors (Lipinski definition) is 5. The van der Waals surface area contributed by atoms with Crippen LogP contribution in [-0.2, 0) is 4.79 Å². The monoisotopic (exact) mass is 362 g/mol. The van der Waals surface area contributed by atoms with Gasteiger partial charge in [0.2, 0.25) is 5.91 Å². The van der Waals surface area contributed by atoms with Crippen LogP contribution in [0.15, 0.2) is 24.3 Å². The van der Waals surface area contributed by atoms with E-state index in [1.165, 1.54) is 17.9 Å². The quantitative estimate of drug-likeness (QED) is 0.647. The molecule has 142 valence electrons. The largest absolute Gasteiger partial charge is 0.388 e. The molecular weight excluding hydrogens is 336 g/mol. The van der Waals surface area contributed by atoms with Crippen LogP contribution in [0.1, 0.15) is 54.3 Å². The summed E-state index contributed by atoms with van der Waals surface area (Å²) in [5.41, 5.74) is 0.618. The molecule has 0 bridgehead atoms. The van der Waals surface area contributed by atoms with E-state index in [1.807, 2.05) is 13.8 Å². The van der Waals surface area contributed by atoms with E-state index in [2.05, 4.69) is 5.32 Å². The SMILES string of the molecule is CCCC(C)NC(=O)C1[C@H](O)[C@@H](O)CN1C(=O)c1cccc(C(C)=O)c1. The Labute approximate surface area is 153 Å². The predicted molar refractivity (Wildman–Crippen MR) is 95.8 cm³/mol. The molecule has 1 fully saturated rings. The minimum atomic E-state index is -1.36. The molecule has 0 saturated carbocycles. The van der Waals surface area contributed by atoms with Crippen molar-refractivity contribution in [3.63, 3.8) is 0 Å². The van der Waals surface area contributed by atoms with Crippen molar-refractivity contribution in [3.05, 3.63) is 35.4 Å². The molecule has 0 aromatic heterocycles. The van der Waals surface area contributed by atoms with Crippen molar-refractivity contribution in [2.75, 3.05) is 6.54 Å². The zero-order valence-corrected chi connectivity index (χ0v) is 15.3. The summed E-state index contributed by atoms with van der Waals surface area (Å²) in [4.78, 5) is 38.1. The van der Waals surface area contributed by atoms with Gasteiger partial charge in [-0.25, -0.2) is 0 Å². The Morgan fingerprint density at radius 1 is 1.27 bits per heavy atom. The predicted octanol–water partition coefficient (Wildman–Crippen LogP) is 0.740. The highest BCUT2D eigenvalue weighted by molar-refractivity contribution is 6.01. The van der Waals surface area contributed by atoms with Crippen LogP contribution in [0.5, 0.6) is 0 Å².